The molecule has 1 aromatic heterocycles. The highest BCUT2D eigenvalue weighted by Gasteiger charge is 2.15. The minimum Gasteiger partial charge on any atom is -0.490 e. The van der Waals surface area contributed by atoms with Crippen LogP contribution in [0.4, 0.5) is 4.39 Å². The van der Waals surface area contributed by atoms with Crippen LogP contribution in [0.2, 0.25) is 0 Å². The summed E-state index contributed by atoms with van der Waals surface area (Å²) in [5.41, 5.74) is 1.05. The normalized spacial score (nSPS) is 13.2. The van der Waals surface area contributed by atoms with Gasteiger partial charge >= 0.3 is 0 Å². The largest absolute Gasteiger partial charge is 0.490 e. The minimum atomic E-state index is -0.353. The van der Waals surface area contributed by atoms with Gasteiger partial charge < -0.3 is 9.47 Å². The van der Waals surface area contributed by atoms with E-state index < -0.39 is 0 Å². The molecule has 0 saturated carbocycles. The Hall–Kier alpha value is -3.32. The number of ether oxygens (including phenoxy) is 2. The lowest BCUT2D eigenvalue weighted by Gasteiger charge is -2.14. The molecular formula is C24H19FN2O3S. The molecule has 0 atom stereocenters. The van der Waals surface area contributed by atoms with Crippen LogP contribution in [-0.4, -0.2) is 22.8 Å². The third kappa shape index (κ3) is 4.01. The van der Waals surface area contributed by atoms with Gasteiger partial charge in [-0.3, -0.25) is 9.36 Å². The molecular weight excluding hydrogens is 415 g/mol. The van der Waals surface area contributed by atoms with Gasteiger partial charge in [-0.1, -0.05) is 12.1 Å². The first-order chi connectivity index (χ1) is 15.2. The molecule has 7 heteroatoms. The summed E-state index contributed by atoms with van der Waals surface area (Å²) in [4.78, 5) is 19.0. The van der Waals surface area contributed by atoms with Crippen molar-refractivity contribution in [1.82, 2.24) is 9.55 Å². The van der Waals surface area contributed by atoms with Gasteiger partial charge in [-0.25, -0.2) is 9.37 Å². The summed E-state index contributed by atoms with van der Waals surface area (Å²) < 4.78 is 26.5. The van der Waals surface area contributed by atoms with E-state index in [0.717, 1.165) is 22.8 Å². The third-order valence-corrected chi connectivity index (χ3v) is 6.01. The quantitative estimate of drug-likeness (QED) is 0.424. The lowest BCUT2D eigenvalue weighted by atomic mass is 10.2. The molecule has 0 spiro atoms. The Bertz CT molecular complexity index is 1300. The molecule has 4 aromatic rings. The maximum atomic E-state index is 13.5. The number of aromatic nitrogens is 2. The van der Waals surface area contributed by atoms with E-state index in [-0.39, 0.29) is 11.4 Å². The average Bonchev–Trinajstić information content (AvgIpc) is 3.04. The molecule has 0 fully saturated rings. The number of nitrogens with zero attached hydrogens (tertiary/aromatic N) is 2. The monoisotopic (exact) mass is 434 g/mol. The Morgan fingerprint density at radius 2 is 1.74 bits per heavy atom. The molecule has 0 aliphatic carbocycles. The SMILES string of the molecule is O=c1c2ccccc2nc(CSc2ccc3c(c2)OCCCO3)n1-c1ccc(F)cc1. The Morgan fingerprint density at radius 3 is 2.58 bits per heavy atom. The zero-order valence-electron chi connectivity index (χ0n) is 16.6. The van der Waals surface area contributed by atoms with Gasteiger partial charge in [0.1, 0.15) is 11.6 Å². The molecule has 0 saturated heterocycles. The minimum absolute atomic E-state index is 0.175. The van der Waals surface area contributed by atoms with Gasteiger partial charge in [0.15, 0.2) is 11.5 Å². The molecule has 0 N–H and O–H groups in total. The van der Waals surface area contributed by atoms with Gasteiger partial charge in [0.2, 0.25) is 0 Å². The Morgan fingerprint density at radius 1 is 0.968 bits per heavy atom. The van der Waals surface area contributed by atoms with E-state index in [1.54, 1.807) is 34.5 Å². The van der Waals surface area contributed by atoms with Crippen LogP contribution in [0, 0.1) is 5.82 Å². The molecule has 31 heavy (non-hydrogen) atoms. The van der Waals surface area contributed by atoms with Crippen molar-refractivity contribution in [3.8, 4) is 17.2 Å². The van der Waals surface area contributed by atoms with E-state index in [0.29, 0.717) is 41.4 Å². The van der Waals surface area contributed by atoms with Crippen LogP contribution in [0.5, 0.6) is 11.5 Å². The predicted octanol–water partition coefficient (Wildman–Crippen LogP) is 4.98. The number of halogens is 1. The Labute approximate surface area is 182 Å². The number of hydrogen-bond donors (Lipinski definition) is 0. The van der Waals surface area contributed by atoms with Crippen molar-refractivity contribution >= 4 is 22.7 Å². The molecule has 5 rings (SSSR count). The van der Waals surface area contributed by atoms with E-state index in [2.05, 4.69) is 0 Å². The first kappa shape index (κ1) is 19.6. The summed E-state index contributed by atoms with van der Waals surface area (Å²) in [6, 6.07) is 19.0. The molecule has 1 aliphatic heterocycles. The first-order valence-corrected chi connectivity index (χ1v) is 11.0. The van der Waals surface area contributed by atoms with Gasteiger partial charge in [0, 0.05) is 11.3 Å². The van der Waals surface area contributed by atoms with Crippen LogP contribution in [0.15, 0.2) is 76.4 Å². The summed E-state index contributed by atoms with van der Waals surface area (Å²) in [5.74, 6) is 2.16. The van der Waals surface area contributed by atoms with Crippen LogP contribution in [0.1, 0.15) is 12.2 Å². The van der Waals surface area contributed by atoms with Crippen molar-refractivity contribution in [2.24, 2.45) is 0 Å². The Balaban J connectivity index is 1.53. The summed E-state index contributed by atoms with van der Waals surface area (Å²) in [6.07, 6.45) is 0.849. The molecule has 0 amide bonds. The first-order valence-electron chi connectivity index (χ1n) is 9.98. The maximum absolute atomic E-state index is 13.5. The second-order valence-electron chi connectivity index (χ2n) is 7.11. The van der Waals surface area contributed by atoms with Crippen LogP contribution < -0.4 is 15.0 Å². The van der Waals surface area contributed by atoms with Crippen LogP contribution in [0.25, 0.3) is 16.6 Å². The van der Waals surface area contributed by atoms with Crippen molar-refractivity contribution < 1.29 is 13.9 Å². The number of rotatable bonds is 4. The topological polar surface area (TPSA) is 53.4 Å². The van der Waals surface area contributed by atoms with Crippen LogP contribution in [-0.2, 0) is 5.75 Å². The molecule has 0 unspecified atom stereocenters. The van der Waals surface area contributed by atoms with Crippen molar-refractivity contribution in [3.05, 3.63) is 88.7 Å². The predicted molar refractivity (Wildman–Crippen MR) is 119 cm³/mol. The number of thioether (sulfide) groups is 1. The van der Waals surface area contributed by atoms with Gasteiger partial charge in [-0.05, 0) is 54.6 Å². The van der Waals surface area contributed by atoms with Gasteiger partial charge in [0.25, 0.3) is 5.56 Å². The number of para-hydroxylation sites is 1. The number of fused-ring (bicyclic) bond motifs is 2. The lowest BCUT2D eigenvalue weighted by molar-refractivity contribution is 0.297. The fraction of sp³-hybridized carbons (Fsp3) is 0.167. The van der Waals surface area contributed by atoms with Crippen LogP contribution >= 0.6 is 11.8 Å². The standard InChI is InChI=1S/C24H19FN2O3S/c25-16-6-8-17(9-7-16)27-23(26-20-5-2-1-4-19(20)24(27)28)15-31-18-10-11-21-22(14-18)30-13-3-12-29-21/h1-2,4-11,14H,3,12-13,15H2. The Kier molecular flexibility index (Phi) is 5.34. The van der Waals surface area contributed by atoms with Crippen molar-refractivity contribution in [2.75, 3.05) is 13.2 Å². The number of hydrogen-bond acceptors (Lipinski definition) is 5. The van der Waals surface area contributed by atoms with Gasteiger partial charge in [-0.2, -0.15) is 0 Å². The summed E-state index contributed by atoms with van der Waals surface area (Å²) in [6.45, 7) is 1.27. The van der Waals surface area contributed by atoms with E-state index >= 15 is 0 Å². The molecule has 3 aromatic carbocycles. The van der Waals surface area contributed by atoms with Gasteiger partial charge in [0.05, 0.1) is 35.6 Å². The number of benzene rings is 3. The highest BCUT2D eigenvalue weighted by Crippen LogP contribution is 2.35. The molecule has 156 valence electrons. The van der Waals surface area contributed by atoms with Crippen LogP contribution in [0.3, 0.4) is 0 Å². The highest BCUT2D eigenvalue weighted by atomic mass is 32.2. The van der Waals surface area contributed by atoms with E-state index in [9.17, 15) is 9.18 Å². The van der Waals surface area contributed by atoms with E-state index in [1.807, 2.05) is 36.4 Å². The maximum Gasteiger partial charge on any atom is 0.265 e. The molecule has 5 nitrogen and oxygen atoms in total. The van der Waals surface area contributed by atoms with Crippen molar-refractivity contribution in [2.45, 2.75) is 17.1 Å². The third-order valence-electron chi connectivity index (χ3n) is 5.02. The molecule has 1 aliphatic rings. The fourth-order valence-corrected chi connectivity index (χ4v) is 4.36. The zero-order chi connectivity index (χ0) is 21.2. The summed E-state index contributed by atoms with van der Waals surface area (Å²) in [5, 5.41) is 0.524. The van der Waals surface area contributed by atoms with E-state index in [4.69, 9.17) is 14.5 Å². The molecule has 2 heterocycles. The smallest absolute Gasteiger partial charge is 0.265 e. The average molecular weight is 434 g/mol. The van der Waals surface area contributed by atoms with E-state index in [1.165, 1.54) is 12.1 Å². The summed E-state index contributed by atoms with van der Waals surface area (Å²) >= 11 is 1.55. The van der Waals surface area contributed by atoms with Crippen molar-refractivity contribution in [3.63, 3.8) is 0 Å². The second-order valence-corrected chi connectivity index (χ2v) is 8.16. The van der Waals surface area contributed by atoms with Gasteiger partial charge in [-0.15, -0.1) is 11.8 Å². The zero-order valence-corrected chi connectivity index (χ0v) is 17.4. The molecule has 0 bridgehead atoms. The lowest BCUT2D eigenvalue weighted by Crippen LogP contribution is -2.23. The fourth-order valence-electron chi connectivity index (χ4n) is 3.51. The second kappa shape index (κ2) is 8.43. The summed E-state index contributed by atoms with van der Waals surface area (Å²) in [7, 11) is 0. The van der Waals surface area contributed by atoms with Crippen molar-refractivity contribution in [1.29, 1.82) is 0 Å². The molecule has 0 radical (unpaired) electrons. The highest BCUT2D eigenvalue weighted by molar-refractivity contribution is 7.98.